The number of hydrogen-bond acceptors (Lipinski definition) is 3. The maximum absolute atomic E-state index is 12.5. The van der Waals surface area contributed by atoms with Crippen LogP contribution in [0.5, 0.6) is 5.88 Å². The van der Waals surface area contributed by atoms with Gasteiger partial charge in [0.2, 0.25) is 11.8 Å². The van der Waals surface area contributed by atoms with Gasteiger partial charge in [-0.1, -0.05) is 43.2 Å². The highest BCUT2D eigenvalue weighted by Gasteiger charge is 2.26. The molecule has 1 aliphatic carbocycles. The van der Waals surface area contributed by atoms with Gasteiger partial charge < -0.3 is 9.64 Å². The van der Waals surface area contributed by atoms with Crippen molar-refractivity contribution < 1.29 is 9.53 Å². The first-order valence-electron chi connectivity index (χ1n) is 9.29. The Morgan fingerprint density at radius 1 is 1.16 bits per heavy atom. The Labute approximate surface area is 148 Å². The summed E-state index contributed by atoms with van der Waals surface area (Å²) in [4.78, 5) is 14.5. The van der Waals surface area contributed by atoms with Crippen molar-refractivity contribution in [2.45, 2.75) is 51.8 Å². The normalized spacial score (nSPS) is 17.5. The van der Waals surface area contributed by atoms with Gasteiger partial charge in [0.05, 0.1) is 18.8 Å². The highest BCUT2D eigenvalue weighted by Crippen LogP contribution is 2.29. The smallest absolute Gasteiger partial charge is 0.233 e. The van der Waals surface area contributed by atoms with E-state index >= 15 is 0 Å². The van der Waals surface area contributed by atoms with Crippen LogP contribution in [0.15, 0.2) is 36.4 Å². The number of ether oxygens (including phenoxy) is 1. The summed E-state index contributed by atoms with van der Waals surface area (Å²) in [7, 11) is 0. The fourth-order valence-corrected chi connectivity index (χ4v) is 3.85. The van der Waals surface area contributed by atoms with Crippen LogP contribution in [0.4, 0.5) is 0 Å². The van der Waals surface area contributed by atoms with Gasteiger partial charge in [-0.05, 0) is 24.3 Å². The van der Waals surface area contributed by atoms with Crippen molar-refractivity contribution in [2.24, 2.45) is 5.92 Å². The molecule has 5 nitrogen and oxygen atoms in total. The number of aromatic nitrogens is 2. The van der Waals surface area contributed by atoms with Crippen LogP contribution in [0.25, 0.3) is 0 Å². The zero-order valence-corrected chi connectivity index (χ0v) is 14.6. The van der Waals surface area contributed by atoms with Gasteiger partial charge in [-0.15, -0.1) is 5.10 Å². The van der Waals surface area contributed by atoms with E-state index in [9.17, 15) is 4.79 Å². The Bertz CT molecular complexity index is 720. The number of hydrogen-bond donors (Lipinski definition) is 0. The number of amides is 1. The highest BCUT2D eigenvalue weighted by atomic mass is 16.5. The molecule has 4 rings (SSSR count). The molecule has 0 atom stereocenters. The molecule has 1 fully saturated rings. The van der Waals surface area contributed by atoms with Gasteiger partial charge in [-0.2, -0.15) is 0 Å². The van der Waals surface area contributed by atoms with E-state index < -0.39 is 0 Å². The largest absolute Gasteiger partial charge is 0.472 e. The fraction of sp³-hybridized carbons (Fsp3) is 0.500. The minimum atomic E-state index is 0.297. The lowest BCUT2D eigenvalue weighted by Crippen LogP contribution is -2.38. The molecule has 2 aliphatic rings. The van der Waals surface area contributed by atoms with Crippen LogP contribution >= 0.6 is 0 Å². The average molecular weight is 339 g/mol. The first-order valence-corrected chi connectivity index (χ1v) is 9.29. The predicted octanol–water partition coefficient (Wildman–Crippen LogP) is 3.38. The van der Waals surface area contributed by atoms with Crippen LogP contribution in [-0.2, 0) is 24.5 Å². The molecule has 1 saturated carbocycles. The Kier molecular flexibility index (Phi) is 4.72. The molecule has 1 aliphatic heterocycles. The number of carbonyl (C=O) groups is 1. The number of benzene rings is 1. The van der Waals surface area contributed by atoms with Crippen molar-refractivity contribution in [3.63, 3.8) is 0 Å². The van der Waals surface area contributed by atoms with E-state index in [4.69, 9.17) is 4.74 Å². The van der Waals surface area contributed by atoms with Gasteiger partial charge in [0, 0.05) is 19.0 Å². The van der Waals surface area contributed by atoms with Gasteiger partial charge in [-0.25, -0.2) is 0 Å². The minimum Gasteiger partial charge on any atom is -0.472 e. The molecule has 0 saturated heterocycles. The van der Waals surface area contributed by atoms with Crippen molar-refractivity contribution in [3.05, 3.63) is 47.7 Å². The highest BCUT2D eigenvalue weighted by molar-refractivity contribution is 5.76. The van der Waals surface area contributed by atoms with E-state index in [-0.39, 0.29) is 0 Å². The summed E-state index contributed by atoms with van der Waals surface area (Å²) in [6, 6.07) is 12.1. The minimum absolute atomic E-state index is 0.297. The summed E-state index contributed by atoms with van der Waals surface area (Å²) in [5.74, 6) is 1.54. The molecular weight excluding hydrogens is 314 g/mol. The average Bonchev–Trinajstić information content (AvgIpc) is 3.29. The van der Waals surface area contributed by atoms with Crippen LogP contribution in [0.1, 0.15) is 43.4 Å². The predicted molar refractivity (Wildman–Crippen MR) is 95.0 cm³/mol. The van der Waals surface area contributed by atoms with E-state index in [0.29, 0.717) is 37.3 Å². The summed E-state index contributed by atoms with van der Waals surface area (Å²) in [5.41, 5.74) is 2.19. The van der Waals surface area contributed by atoms with E-state index in [2.05, 4.69) is 5.10 Å². The molecule has 2 aromatic rings. The van der Waals surface area contributed by atoms with E-state index in [1.54, 1.807) is 0 Å². The second kappa shape index (κ2) is 7.30. The number of rotatable bonds is 5. The van der Waals surface area contributed by atoms with Crippen LogP contribution in [-0.4, -0.2) is 27.1 Å². The maximum atomic E-state index is 12.5. The molecule has 0 spiro atoms. The molecule has 1 amide bonds. The second-order valence-corrected chi connectivity index (χ2v) is 7.14. The van der Waals surface area contributed by atoms with Gasteiger partial charge in [0.15, 0.2) is 0 Å². The van der Waals surface area contributed by atoms with Crippen molar-refractivity contribution in [1.29, 1.82) is 0 Å². The number of carbonyl (C=O) groups excluding carboxylic acids is 1. The first kappa shape index (κ1) is 16.2. The van der Waals surface area contributed by atoms with Crippen LogP contribution in [0, 0.1) is 5.92 Å². The van der Waals surface area contributed by atoms with Crippen molar-refractivity contribution in [1.82, 2.24) is 14.7 Å². The van der Waals surface area contributed by atoms with E-state index in [1.165, 1.54) is 25.7 Å². The third-order valence-corrected chi connectivity index (χ3v) is 5.30. The molecule has 2 heterocycles. The molecule has 0 N–H and O–H groups in total. The maximum Gasteiger partial charge on any atom is 0.233 e. The molecular formula is C20H25N3O2. The third kappa shape index (κ3) is 3.86. The Hall–Kier alpha value is -2.30. The van der Waals surface area contributed by atoms with Gasteiger partial charge in [0.1, 0.15) is 6.61 Å². The number of fused-ring (bicyclic) bond motifs is 1. The Morgan fingerprint density at radius 2 is 1.96 bits per heavy atom. The van der Waals surface area contributed by atoms with Crippen molar-refractivity contribution in [2.75, 3.05) is 6.54 Å². The summed E-state index contributed by atoms with van der Waals surface area (Å²) < 4.78 is 7.78. The Balaban J connectivity index is 1.34. The molecule has 1 aromatic heterocycles. The summed E-state index contributed by atoms with van der Waals surface area (Å²) in [5, 5.41) is 4.52. The van der Waals surface area contributed by atoms with Crippen LogP contribution < -0.4 is 4.74 Å². The molecule has 0 radical (unpaired) electrons. The standard InChI is InChI=1S/C20H25N3O2/c24-20(12-16-6-4-5-7-16)22-10-11-23-18(14-22)13-19(21-23)25-15-17-8-2-1-3-9-17/h1-3,8-9,13,16H,4-7,10-12,14-15H2. The van der Waals surface area contributed by atoms with Gasteiger partial charge >= 0.3 is 0 Å². The monoisotopic (exact) mass is 339 g/mol. The van der Waals surface area contributed by atoms with Gasteiger partial charge in [0.25, 0.3) is 0 Å². The van der Waals surface area contributed by atoms with Crippen LogP contribution in [0.2, 0.25) is 0 Å². The molecule has 5 heteroatoms. The van der Waals surface area contributed by atoms with E-state index in [1.807, 2.05) is 46.0 Å². The lowest BCUT2D eigenvalue weighted by Gasteiger charge is -2.28. The topological polar surface area (TPSA) is 47.4 Å². The molecule has 0 unspecified atom stereocenters. The summed E-state index contributed by atoms with van der Waals surface area (Å²) in [6.07, 6.45) is 5.72. The molecule has 25 heavy (non-hydrogen) atoms. The fourth-order valence-electron chi connectivity index (χ4n) is 3.85. The molecule has 132 valence electrons. The third-order valence-electron chi connectivity index (χ3n) is 5.30. The lowest BCUT2D eigenvalue weighted by atomic mass is 10.0. The van der Waals surface area contributed by atoms with Crippen molar-refractivity contribution in [3.8, 4) is 5.88 Å². The molecule has 0 bridgehead atoms. The SMILES string of the molecule is O=C(CC1CCCC1)N1CCn2nc(OCc3ccccc3)cc2C1. The van der Waals surface area contributed by atoms with Gasteiger partial charge in [-0.3, -0.25) is 9.48 Å². The lowest BCUT2D eigenvalue weighted by molar-refractivity contribution is -0.133. The first-order chi connectivity index (χ1) is 12.3. The van der Waals surface area contributed by atoms with Crippen molar-refractivity contribution >= 4 is 5.91 Å². The quantitative estimate of drug-likeness (QED) is 0.839. The zero-order chi connectivity index (χ0) is 17.1. The molecule has 1 aromatic carbocycles. The van der Waals surface area contributed by atoms with Crippen LogP contribution in [0.3, 0.4) is 0 Å². The summed E-state index contributed by atoms with van der Waals surface area (Å²) in [6.45, 7) is 2.66. The summed E-state index contributed by atoms with van der Waals surface area (Å²) >= 11 is 0. The van der Waals surface area contributed by atoms with E-state index in [0.717, 1.165) is 24.3 Å². The zero-order valence-electron chi connectivity index (χ0n) is 14.6. The Morgan fingerprint density at radius 3 is 2.76 bits per heavy atom. The number of nitrogens with zero attached hydrogens (tertiary/aromatic N) is 3. The second-order valence-electron chi connectivity index (χ2n) is 7.14.